The molecule has 0 saturated heterocycles. The molecule has 0 aliphatic carbocycles. The Labute approximate surface area is 71.6 Å². The Hall–Kier alpha value is -0.670. The molecular weight excluding hydrogens is 162 g/mol. The predicted molar refractivity (Wildman–Crippen MR) is 46.3 cm³/mol. The molecule has 11 heavy (non-hydrogen) atoms. The molecule has 0 unspecified atom stereocenters. The van der Waals surface area contributed by atoms with Crippen LogP contribution in [-0.2, 0) is 6.54 Å². The van der Waals surface area contributed by atoms with Gasteiger partial charge in [-0.1, -0.05) is 25.4 Å². The summed E-state index contributed by atoms with van der Waals surface area (Å²) in [7, 11) is 0. The molecule has 1 aromatic rings. The molecule has 4 heteroatoms. The highest BCUT2D eigenvalue weighted by Gasteiger charge is 1.89. The van der Waals surface area contributed by atoms with Crippen molar-refractivity contribution in [3.05, 3.63) is 23.2 Å². The third-order valence-corrected chi connectivity index (χ3v) is 1.08. The number of halogens is 1. The lowest BCUT2D eigenvalue weighted by Gasteiger charge is -1.91. The minimum Gasteiger partial charge on any atom is -0.325 e. The fourth-order valence-corrected chi connectivity index (χ4v) is 0.542. The summed E-state index contributed by atoms with van der Waals surface area (Å²) in [6.45, 7) is 4.41. The fraction of sp³-hybridized carbons (Fsp3) is 0.429. The number of nitrogens with two attached hydrogens (primary N) is 1. The summed E-state index contributed by atoms with van der Waals surface area (Å²) in [5, 5.41) is 0.396. The molecule has 0 bridgehead atoms. The Morgan fingerprint density at radius 1 is 1.36 bits per heavy atom. The molecule has 0 saturated carbocycles. The van der Waals surface area contributed by atoms with Crippen molar-refractivity contribution in [2.24, 2.45) is 5.73 Å². The summed E-state index contributed by atoms with van der Waals surface area (Å²) in [6, 6.07) is 0. The maximum absolute atomic E-state index is 5.45. The molecule has 2 N–H and O–H groups in total. The summed E-state index contributed by atoms with van der Waals surface area (Å²) in [5.74, 6) is 0. The zero-order valence-electron chi connectivity index (χ0n) is 6.71. The maximum Gasteiger partial charge on any atom is 0.147 e. The van der Waals surface area contributed by atoms with Crippen LogP contribution in [0.3, 0.4) is 0 Å². The minimum atomic E-state index is 0.396. The van der Waals surface area contributed by atoms with Crippen molar-refractivity contribution < 1.29 is 0 Å². The molecule has 0 fully saturated rings. The molecule has 3 nitrogen and oxygen atoms in total. The first-order chi connectivity index (χ1) is 5.33. The zero-order valence-corrected chi connectivity index (χ0v) is 7.47. The lowest BCUT2D eigenvalue weighted by molar-refractivity contribution is 0.964. The van der Waals surface area contributed by atoms with Gasteiger partial charge in [-0.25, -0.2) is 4.98 Å². The minimum absolute atomic E-state index is 0.396. The van der Waals surface area contributed by atoms with Gasteiger partial charge in [-0.2, -0.15) is 0 Å². The van der Waals surface area contributed by atoms with Crippen LogP contribution in [0.5, 0.6) is 0 Å². The zero-order chi connectivity index (χ0) is 8.69. The molecule has 0 radical (unpaired) electrons. The Kier molecular flexibility index (Phi) is 5.70. The first-order valence-electron chi connectivity index (χ1n) is 3.49. The Balaban J connectivity index is 0.000000461. The van der Waals surface area contributed by atoms with Gasteiger partial charge in [0.15, 0.2) is 0 Å². The molecule has 0 amide bonds. The standard InChI is InChI=1S/C5H6ClN3.C2H6/c6-5-3-8-4(1-7)2-9-5;1-2/h2-3H,1,7H2;1-2H3. The van der Waals surface area contributed by atoms with E-state index in [4.69, 9.17) is 17.3 Å². The van der Waals surface area contributed by atoms with Gasteiger partial charge in [-0.15, -0.1) is 0 Å². The van der Waals surface area contributed by atoms with Crippen LogP contribution in [0.1, 0.15) is 19.5 Å². The normalized spacial score (nSPS) is 8.36. The first kappa shape index (κ1) is 10.3. The summed E-state index contributed by atoms with van der Waals surface area (Å²) in [4.78, 5) is 7.65. The quantitative estimate of drug-likeness (QED) is 0.702. The lowest BCUT2D eigenvalue weighted by atomic mass is 10.5. The third-order valence-electron chi connectivity index (χ3n) is 0.883. The third kappa shape index (κ3) is 3.91. The van der Waals surface area contributed by atoms with E-state index in [1.54, 1.807) is 6.20 Å². The number of hydrogen-bond donors (Lipinski definition) is 1. The topological polar surface area (TPSA) is 51.8 Å². The van der Waals surface area contributed by atoms with E-state index in [2.05, 4.69) is 9.97 Å². The average Bonchev–Trinajstić information content (AvgIpc) is 2.10. The average molecular weight is 174 g/mol. The van der Waals surface area contributed by atoms with E-state index in [0.29, 0.717) is 11.7 Å². The van der Waals surface area contributed by atoms with Crippen LogP contribution in [0.15, 0.2) is 12.4 Å². The van der Waals surface area contributed by atoms with Crippen molar-refractivity contribution in [2.75, 3.05) is 0 Å². The lowest BCUT2D eigenvalue weighted by Crippen LogP contribution is -1.99. The Bertz CT molecular complexity index is 185. The largest absolute Gasteiger partial charge is 0.325 e. The van der Waals surface area contributed by atoms with Gasteiger partial charge in [-0.3, -0.25) is 4.98 Å². The summed E-state index contributed by atoms with van der Waals surface area (Å²) < 4.78 is 0. The second-order valence-corrected chi connectivity index (χ2v) is 1.92. The van der Waals surface area contributed by atoms with Crippen molar-refractivity contribution in [1.82, 2.24) is 9.97 Å². The van der Waals surface area contributed by atoms with Crippen molar-refractivity contribution in [1.29, 1.82) is 0 Å². The van der Waals surface area contributed by atoms with Gasteiger partial charge in [0.1, 0.15) is 5.15 Å². The van der Waals surface area contributed by atoms with E-state index < -0.39 is 0 Å². The molecular formula is C7H12ClN3. The molecule has 1 heterocycles. The van der Waals surface area contributed by atoms with Crippen LogP contribution >= 0.6 is 11.6 Å². The SMILES string of the molecule is CC.NCc1cnc(Cl)cn1. The van der Waals surface area contributed by atoms with Gasteiger partial charge < -0.3 is 5.73 Å². The fourth-order valence-electron chi connectivity index (χ4n) is 0.444. The van der Waals surface area contributed by atoms with E-state index >= 15 is 0 Å². The van der Waals surface area contributed by atoms with Crippen LogP contribution in [0.2, 0.25) is 5.15 Å². The summed E-state index contributed by atoms with van der Waals surface area (Å²) in [5.41, 5.74) is 6.00. The number of nitrogens with zero attached hydrogens (tertiary/aromatic N) is 2. The molecule has 0 atom stereocenters. The van der Waals surface area contributed by atoms with E-state index in [1.807, 2.05) is 13.8 Å². The van der Waals surface area contributed by atoms with E-state index in [1.165, 1.54) is 6.20 Å². The number of rotatable bonds is 1. The van der Waals surface area contributed by atoms with Crippen molar-refractivity contribution in [3.8, 4) is 0 Å². The second-order valence-electron chi connectivity index (χ2n) is 1.53. The van der Waals surface area contributed by atoms with Gasteiger partial charge >= 0.3 is 0 Å². The summed E-state index contributed by atoms with van der Waals surface area (Å²) >= 11 is 5.45. The van der Waals surface area contributed by atoms with Gasteiger partial charge in [0, 0.05) is 6.54 Å². The van der Waals surface area contributed by atoms with E-state index in [-0.39, 0.29) is 0 Å². The van der Waals surface area contributed by atoms with E-state index in [9.17, 15) is 0 Å². The molecule has 62 valence electrons. The van der Waals surface area contributed by atoms with Gasteiger partial charge in [0.05, 0.1) is 18.1 Å². The molecule has 0 aromatic carbocycles. The smallest absolute Gasteiger partial charge is 0.147 e. The molecule has 0 aliphatic heterocycles. The highest BCUT2D eigenvalue weighted by molar-refractivity contribution is 6.29. The van der Waals surface area contributed by atoms with Crippen LogP contribution in [0, 0.1) is 0 Å². The van der Waals surface area contributed by atoms with Crippen LogP contribution < -0.4 is 5.73 Å². The van der Waals surface area contributed by atoms with Crippen LogP contribution in [0.4, 0.5) is 0 Å². The van der Waals surface area contributed by atoms with Gasteiger partial charge in [0.25, 0.3) is 0 Å². The van der Waals surface area contributed by atoms with Crippen molar-refractivity contribution in [2.45, 2.75) is 20.4 Å². The highest BCUT2D eigenvalue weighted by Crippen LogP contribution is 1.99. The Morgan fingerprint density at radius 2 is 2.00 bits per heavy atom. The molecule has 1 aromatic heterocycles. The van der Waals surface area contributed by atoms with Crippen LogP contribution in [0.25, 0.3) is 0 Å². The first-order valence-corrected chi connectivity index (χ1v) is 3.87. The molecule has 0 spiro atoms. The number of aromatic nitrogens is 2. The van der Waals surface area contributed by atoms with Crippen molar-refractivity contribution >= 4 is 11.6 Å². The summed E-state index contributed by atoms with van der Waals surface area (Å²) in [6.07, 6.45) is 3.03. The van der Waals surface area contributed by atoms with Crippen LogP contribution in [-0.4, -0.2) is 9.97 Å². The van der Waals surface area contributed by atoms with Gasteiger partial charge in [0.2, 0.25) is 0 Å². The van der Waals surface area contributed by atoms with Crippen molar-refractivity contribution in [3.63, 3.8) is 0 Å². The molecule has 0 aliphatic rings. The van der Waals surface area contributed by atoms with Gasteiger partial charge in [-0.05, 0) is 0 Å². The molecule has 1 rings (SSSR count). The van der Waals surface area contributed by atoms with E-state index in [0.717, 1.165) is 5.69 Å². The Morgan fingerprint density at radius 3 is 2.36 bits per heavy atom. The monoisotopic (exact) mass is 173 g/mol. The number of hydrogen-bond acceptors (Lipinski definition) is 3. The second kappa shape index (κ2) is 6.07. The predicted octanol–water partition coefficient (Wildman–Crippen LogP) is 1.61. The highest BCUT2D eigenvalue weighted by atomic mass is 35.5. The maximum atomic E-state index is 5.45.